The summed E-state index contributed by atoms with van der Waals surface area (Å²) in [6.45, 7) is -0.177. The zero-order chi connectivity index (χ0) is 17.2. The second-order valence-electron chi connectivity index (χ2n) is 6.25. The van der Waals surface area contributed by atoms with Gasteiger partial charge in [0.2, 0.25) is 0 Å². The van der Waals surface area contributed by atoms with Crippen molar-refractivity contribution >= 4 is 22.8 Å². The van der Waals surface area contributed by atoms with Crippen LogP contribution in [0, 0.1) is 0 Å². The first-order valence-electron chi connectivity index (χ1n) is 8.37. The fourth-order valence-electron chi connectivity index (χ4n) is 2.77. The van der Waals surface area contributed by atoms with E-state index in [1.165, 1.54) is 0 Å². The molecule has 0 aliphatic heterocycles. The highest BCUT2D eigenvalue weighted by Gasteiger charge is 2.28. The maximum atomic E-state index is 12.2. The number of oxazole rings is 1. The Balaban J connectivity index is 1.45. The number of urea groups is 1. The largest absolute Gasteiger partial charge is 0.440 e. The third-order valence-corrected chi connectivity index (χ3v) is 4.28. The molecule has 1 fully saturated rings. The number of hydrogen-bond acceptors (Lipinski definition) is 4. The number of nitrogens with one attached hydrogen (secondary N) is 2. The predicted molar refractivity (Wildman–Crippen MR) is 94.4 cm³/mol. The second-order valence-corrected chi connectivity index (χ2v) is 6.25. The summed E-state index contributed by atoms with van der Waals surface area (Å²) in [5.41, 5.74) is 2.93. The molecule has 2 amide bonds. The SMILES string of the molecule is O=C(Nc1ccc2nc(C3CC3)oc2c1)N[C@H](CO)c1ccccc1. The van der Waals surface area contributed by atoms with Crippen LogP contribution in [0.2, 0.25) is 0 Å². The van der Waals surface area contributed by atoms with E-state index >= 15 is 0 Å². The van der Waals surface area contributed by atoms with E-state index in [4.69, 9.17) is 4.42 Å². The Bertz CT molecular complexity index is 887. The van der Waals surface area contributed by atoms with E-state index in [0.29, 0.717) is 17.2 Å². The van der Waals surface area contributed by atoms with E-state index in [0.717, 1.165) is 29.8 Å². The van der Waals surface area contributed by atoms with Gasteiger partial charge >= 0.3 is 6.03 Å². The predicted octanol–water partition coefficient (Wildman–Crippen LogP) is 3.56. The number of aliphatic hydroxyl groups is 1. The molecule has 2 aromatic carbocycles. The van der Waals surface area contributed by atoms with Crippen LogP contribution in [-0.4, -0.2) is 22.7 Å². The molecule has 1 saturated carbocycles. The Labute approximate surface area is 144 Å². The van der Waals surface area contributed by atoms with Crippen LogP contribution in [0.5, 0.6) is 0 Å². The molecule has 0 bridgehead atoms. The van der Waals surface area contributed by atoms with Crippen LogP contribution in [0.3, 0.4) is 0 Å². The minimum Gasteiger partial charge on any atom is -0.440 e. The number of aliphatic hydroxyl groups excluding tert-OH is 1. The normalized spacial score (nSPS) is 15.1. The van der Waals surface area contributed by atoms with E-state index in [9.17, 15) is 9.90 Å². The minimum atomic E-state index is -0.461. The second kappa shape index (κ2) is 6.57. The lowest BCUT2D eigenvalue weighted by Crippen LogP contribution is -2.34. The first kappa shape index (κ1) is 15.7. The van der Waals surface area contributed by atoms with Gasteiger partial charge in [0.1, 0.15) is 5.52 Å². The smallest absolute Gasteiger partial charge is 0.319 e. The van der Waals surface area contributed by atoms with Crippen LogP contribution >= 0.6 is 0 Å². The van der Waals surface area contributed by atoms with Crippen molar-refractivity contribution in [2.24, 2.45) is 0 Å². The van der Waals surface area contributed by atoms with Crippen LogP contribution in [0.15, 0.2) is 52.9 Å². The number of carbonyl (C=O) groups is 1. The topological polar surface area (TPSA) is 87.4 Å². The molecule has 25 heavy (non-hydrogen) atoms. The fraction of sp³-hybridized carbons (Fsp3) is 0.263. The van der Waals surface area contributed by atoms with Crippen molar-refractivity contribution in [1.82, 2.24) is 10.3 Å². The highest BCUT2D eigenvalue weighted by molar-refractivity contribution is 5.91. The Morgan fingerprint density at radius 3 is 2.76 bits per heavy atom. The maximum Gasteiger partial charge on any atom is 0.319 e. The summed E-state index contributed by atoms with van der Waals surface area (Å²) in [5.74, 6) is 1.23. The van der Waals surface area contributed by atoms with Crippen LogP contribution < -0.4 is 10.6 Å². The standard InChI is InChI=1S/C19H19N3O3/c23-11-16(12-4-2-1-3-5-12)22-19(24)20-14-8-9-15-17(10-14)25-18(21-15)13-6-7-13/h1-5,8-10,13,16,23H,6-7,11H2,(H2,20,22,24)/t16-/m1/s1. The summed E-state index contributed by atoms with van der Waals surface area (Å²) < 4.78 is 5.76. The molecule has 3 aromatic rings. The monoisotopic (exact) mass is 337 g/mol. The number of aromatic nitrogens is 1. The first-order valence-corrected chi connectivity index (χ1v) is 8.37. The molecule has 1 aromatic heterocycles. The maximum absolute atomic E-state index is 12.2. The van der Waals surface area contributed by atoms with Crippen LogP contribution in [0.25, 0.3) is 11.1 Å². The van der Waals surface area contributed by atoms with Gasteiger partial charge in [-0.3, -0.25) is 0 Å². The molecular formula is C19H19N3O3. The number of benzene rings is 2. The molecule has 1 aliphatic carbocycles. The number of amides is 2. The average Bonchev–Trinajstić information content (AvgIpc) is 3.40. The van der Waals surface area contributed by atoms with E-state index in [2.05, 4.69) is 15.6 Å². The van der Waals surface area contributed by atoms with Crippen LogP contribution in [-0.2, 0) is 0 Å². The molecule has 0 radical (unpaired) electrons. The van der Waals surface area contributed by atoms with Crippen molar-refractivity contribution in [2.75, 3.05) is 11.9 Å². The van der Waals surface area contributed by atoms with E-state index < -0.39 is 6.04 Å². The van der Waals surface area contributed by atoms with Gasteiger partial charge in [0.05, 0.1) is 12.6 Å². The Morgan fingerprint density at radius 2 is 2.04 bits per heavy atom. The number of nitrogens with zero attached hydrogens (tertiary/aromatic N) is 1. The number of anilines is 1. The van der Waals surface area contributed by atoms with Crippen molar-refractivity contribution in [3.05, 3.63) is 60.0 Å². The molecule has 1 heterocycles. The Kier molecular flexibility index (Phi) is 4.11. The highest BCUT2D eigenvalue weighted by Crippen LogP contribution is 2.40. The molecular weight excluding hydrogens is 318 g/mol. The van der Waals surface area contributed by atoms with Gasteiger partial charge in [0.15, 0.2) is 11.5 Å². The summed E-state index contributed by atoms with van der Waals surface area (Å²) in [7, 11) is 0. The number of hydrogen-bond donors (Lipinski definition) is 3. The van der Waals surface area contributed by atoms with Crippen LogP contribution in [0.1, 0.15) is 36.3 Å². The zero-order valence-electron chi connectivity index (χ0n) is 13.6. The molecule has 0 spiro atoms. The first-order chi connectivity index (χ1) is 12.2. The third kappa shape index (κ3) is 3.49. The van der Waals surface area contributed by atoms with Gasteiger partial charge in [-0.1, -0.05) is 30.3 Å². The zero-order valence-corrected chi connectivity index (χ0v) is 13.6. The summed E-state index contributed by atoms with van der Waals surface area (Å²) in [4.78, 5) is 16.7. The van der Waals surface area contributed by atoms with Gasteiger partial charge in [0.25, 0.3) is 0 Å². The van der Waals surface area contributed by atoms with Crippen molar-refractivity contribution < 1.29 is 14.3 Å². The van der Waals surface area contributed by atoms with Crippen molar-refractivity contribution in [1.29, 1.82) is 0 Å². The van der Waals surface area contributed by atoms with Gasteiger partial charge in [-0.25, -0.2) is 9.78 Å². The molecule has 0 unspecified atom stereocenters. The Morgan fingerprint density at radius 1 is 1.24 bits per heavy atom. The number of rotatable bonds is 5. The summed E-state index contributed by atoms with van der Waals surface area (Å²) in [5, 5.41) is 15.1. The number of fused-ring (bicyclic) bond motifs is 1. The van der Waals surface area contributed by atoms with Crippen molar-refractivity contribution in [3.63, 3.8) is 0 Å². The fourth-order valence-corrected chi connectivity index (χ4v) is 2.77. The summed E-state index contributed by atoms with van der Waals surface area (Å²) in [6.07, 6.45) is 2.25. The lowest BCUT2D eigenvalue weighted by atomic mass is 10.1. The summed E-state index contributed by atoms with van der Waals surface area (Å²) in [6, 6.07) is 13.9. The Hall–Kier alpha value is -2.86. The molecule has 0 saturated heterocycles. The molecule has 128 valence electrons. The average molecular weight is 337 g/mol. The van der Waals surface area contributed by atoms with E-state index in [-0.39, 0.29) is 12.6 Å². The molecule has 3 N–H and O–H groups in total. The van der Waals surface area contributed by atoms with Gasteiger partial charge in [0, 0.05) is 17.7 Å². The lowest BCUT2D eigenvalue weighted by Gasteiger charge is -2.17. The molecule has 1 aliphatic rings. The summed E-state index contributed by atoms with van der Waals surface area (Å²) >= 11 is 0. The molecule has 6 nitrogen and oxygen atoms in total. The van der Waals surface area contributed by atoms with Crippen molar-refractivity contribution in [2.45, 2.75) is 24.8 Å². The molecule has 1 atom stereocenters. The molecule has 4 rings (SSSR count). The van der Waals surface area contributed by atoms with Gasteiger partial charge in [-0.05, 0) is 30.5 Å². The van der Waals surface area contributed by atoms with E-state index in [1.807, 2.05) is 36.4 Å². The van der Waals surface area contributed by atoms with Gasteiger partial charge in [-0.2, -0.15) is 0 Å². The third-order valence-electron chi connectivity index (χ3n) is 4.28. The van der Waals surface area contributed by atoms with Gasteiger partial charge in [-0.15, -0.1) is 0 Å². The van der Waals surface area contributed by atoms with Crippen LogP contribution in [0.4, 0.5) is 10.5 Å². The molecule has 6 heteroatoms. The van der Waals surface area contributed by atoms with Gasteiger partial charge < -0.3 is 20.2 Å². The highest BCUT2D eigenvalue weighted by atomic mass is 16.3. The minimum absolute atomic E-state index is 0.177. The number of carbonyl (C=O) groups excluding carboxylic acids is 1. The van der Waals surface area contributed by atoms with Crippen molar-refractivity contribution in [3.8, 4) is 0 Å². The quantitative estimate of drug-likeness (QED) is 0.664. The lowest BCUT2D eigenvalue weighted by molar-refractivity contribution is 0.225. The van der Waals surface area contributed by atoms with E-state index in [1.54, 1.807) is 12.1 Å².